The molecule has 1 saturated carbocycles. The monoisotopic (exact) mass is 307 g/mol. The minimum Gasteiger partial charge on any atom is -0.373 e. The Bertz CT molecular complexity index is 588. The molecule has 0 spiro atoms. The fourth-order valence-corrected chi connectivity index (χ4v) is 2.21. The second-order valence-corrected chi connectivity index (χ2v) is 5.42. The van der Waals surface area contributed by atoms with Crippen molar-refractivity contribution in [3.63, 3.8) is 0 Å². The lowest BCUT2D eigenvalue weighted by Crippen LogP contribution is -2.09. The van der Waals surface area contributed by atoms with Gasteiger partial charge in [0.25, 0.3) is 0 Å². The van der Waals surface area contributed by atoms with Crippen LogP contribution in [-0.2, 0) is 0 Å². The van der Waals surface area contributed by atoms with Crippen molar-refractivity contribution in [1.29, 1.82) is 0 Å². The Morgan fingerprint density at radius 1 is 1.39 bits per heavy atom. The Morgan fingerprint density at radius 3 is 2.72 bits per heavy atom. The molecule has 2 aromatic heterocycles. The van der Waals surface area contributed by atoms with E-state index >= 15 is 0 Å². The number of halogens is 1. The molecular formula is C12H14BrN5. The Labute approximate surface area is 114 Å². The van der Waals surface area contributed by atoms with Crippen LogP contribution in [0.5, 0.6) is 0 Å². The van der Waals surface area contributed by atoms with Gasteiger partial charge in [0.1, 0.15) is 11.6 Å². The highest BCUT2D eigenvalue weighted by Crippen LogP contribution is 2.39. The van der Waals surface area contributed by atoms with Crippen LogP contribution in [0.25, 0.3) is 5.82 Å². The summed E-state index contributed by atoms with van der Waals surface area (Å²) in [6.45, 7) is 2.01. The van der Waals surface area contributed by atoms with Crippen LogP contribution in [0.15, 0.2) is 16.9 Å². The zero-order chi connectivity index (χ0) is 12.7. The number of rotatable bonds is 3. The van der Waals surface area contributed by atoms with Gasteiger partial charge in [-0.15, -0.1) is 0 Å². The van der Waals surface area contributed by atoms with Crippen molar-refractivity contribution in [2.24, 2.45) is 0 Å². The van der Waals surface area contributed by atoms with Crippen molar-refractivity contribution >= 4 is 21.7 Å². The van der Waals surface area contributed by atoms with Crippen molar-refractivity contribution in [2.75, 3.05) is 12.4 Å². The molecule has 0 bridgehead atoms. The molecule has 0 aromatic carbocycles. The number of nitrogens with zero attached hydrogens (tertiary/aromatic N) is 4. The zero-order valence-electron chi connectivity index (χ0n) is 10.3. The van der Waals surface area contributed by atoms with Gasteiger partial charge in [-0.1, -0.05) is 0 Å². The Morgan fingerprint density at radius 2 is 2.17 bits per heavy atom. The first kappa shape index (κ1) is 11.6. The molecule has 18 heavy (non-hydrogen) atoms. The van der Waals surface area contributed by atoms with Crippen molar-refractivity contribution in [3.05, 3.63) is 28.3 Å². The number of nitrogens with one attached hydrogen (secondary N) is 1. The lowest BCUT2D eigenvalue weighted by atomic mass is 10.3. The first-order valence-electron chi connectivity index (χ1n) is 5.96. The summed E-state index contributed by atoms with van der Waals surface area (Å²) in [6.07, 6.45) is 6.05. The van der Waals surface area contributed by atoms with Gasteiger partial charge >= 0.3 is 0 Å². The van der Waals surface area contributed by atoms with Crippen LogP contribution in [0.3, 0.4) is 0 Å². The minimum absolute atomic E-state index is 0.524. The first-order chi connectivity index (χ1) is 8.69. The van der Waals surface area contributed by atoms with Crippen LogP contribution in [0.4, 0.5) is 5.82 Å². The Hall–Kier alpha value is -1.43. The largest absolute Gasteiger partial charge is 0.373 e. The van der Waals surface area contributed by atoms with E-state index in [1.54, 1.807) is 10.9 Å². The van der Waals surface area contributed by atoms with Gasteiger partial charge < -0.3 is 5.32 Å². The third-order valence-corrected chi connectivity index (χ3v) is 3.49. The molecule has 5 nitrogen and oxygen atoms in total. The van der Waals surface area contributed by atoms with E-state index in [1.165, 1.54) is 12.8 Å². The van der Waals surface area contributed by atoms with E-state index in [0.29, 0.717) is 5.92 Å². The lowest BCUT2D eigenvalue weighted by Gasteiger charge is -2.11. The van der Waals surface area contributed by atoms with Gasteiger partial charge in [-0.05, 0) is 35.7 Å². The highest BCUT2D eigenvalue weighted by molar-refractivity contribution is 9.10. The van der Waals surface area contributed by atoms with Crippen LogP contribution in [0.2, 0.25) is 0 Å². The van der Waals surface area contributed by atoms with Gasteiger partial charge in [-0.2, -0.15) is 5.10 Å². The molecule has 0 aliphatic heterocycles. The quantitative estimate of drug-likeness (QED) is 0.947. The highest BCUT2D eigenvalue weighted by Gasteiger charge is 2.28. The fourth-order valence-electron chi connectivity index (χ4n) is 1.93. The van der Waals surface area contributed by atoms with E-state index in [1.807, 2.05) is 20.2 Å². The van der Waals surface area contributed by atoms with Gasteiger partial charge in [-0.3, -0.25) is 0 Å². The van der Waals surface area contributed by atoms with Gasteiger partial charge in [0, 0.05) is 24.7 Å². The molecule has 0 unspecified atom stereocenters. The summed E-state index contributed by atoms with van der Waals surface area (Å²) < 4.78 is 2.73. The minimum atomic E-state index is 0.524. The number of hydrogen-bond acceptors (Lipinski definition) is 4. The van der Waals surface area contributed by atoms with Crippen LogP contribution in [0, 0.1) is 6.92 Å². The zero-order valence-corrected chi connectivity index (χ0v) is 11.9. The van der Waals surface area contributed by atoms with E-state index in [4.69, 9.17) is 0 Å². The second-order valence-electron chi connectivity index (χ2n) is 4.51. The molecule has 0 amide bonds. The maximum atomic E-state index is 4.66. The van der Waals surface area contributed by atoms with Crippen LogP contribution in [0.1, 0.15) is 30.1 Å². The van der Waals surface area contributed by atoms with E-state index in [0.717, 1.165) is 27.5 Å². The highest BCUT2D eigenvalue weighted by atomic mass is 79.9. The summed E-state index contributed by atoms with van der Waals surface area (Å²) in [5, 5.41) is 7.43. The average molecular weight is 308 g/mol. The Kier molecular flexibility index (Phi) is 2.81. The molecule has 0 saturated heterocycles. The first-order valence-corrected chi connectivity index (χ1v) is 6.75. The van der Waals surface area contributed by atoms with Crippen LogP contribution < -0.4 is 5.32 Å². The SMILES string of the molecule is CNc1nc(C2CC2)nc(-n2cc(Br)cn2)c1C. The topological polar surface area (TPSA) is 55.6 Å². The predicted octanol–water partition coefficient (Wildman–Crippen LogP) is 2.65. The summed E-state index contributed by atoms with van der Waals surface area (Å²) in [7, 11) is 1.88. The summed E-state index contributed by atoms with van der Waals surface area (Å²) >= 11 is 3.41. The second kappa shape index (κ2) is 4.35. The molecule has 1 N–H and O–H groups in total. The number of anilines is 1. The summed E-state index contributed by atoms with van der Waals surface area (Å²) in [5.74, 6) is 3.18. The van der Waals surface area contributed by atoms with Crippen molar-refractivity contribution in [2.45, 2.75) is 25.7 Å². The molecule has 1 aliphatic carbocycles. The maximum Gasteiger partial charge on any atom is 0.162 e. The molecule has 3 rings (SSSR count). The van der Waals surface area contributed by atoms with Crippen molar-refractivity contribution in [3.8, 4) is 5.82 Å². The van der Waals surface area contributed by atoms with E-state index in [9.17, 15) is 0 Å². The summed E-state index contributed by atoms with van der Waals surface area (Å²) in [6, 6.07) is 0. The van der Waals surface area contributed by atoms with Gasteiger partial charge in [-0.25, -0.2) is 14.6 Å². The van der Waals surface area contributed by atoms with Crippen LogP contribution >= 0.6 is 15.9 Å². The maximum absolute atomic E-state index is 4.66. The standard InChI is InChI=1S/C12H14BrN5/c1-7-10(14-2)16-11(8-3-4-8)17-12(7)18-6-9(13)5-15-18/h5-6,8H,3-4H2,1-2H3,(H,14,16,17). The molecule has 0 radical (unpaired) electrons. The van der Waals surface area contributed by atoms with Gasteiger partial charge in [0.15, 0.2) is 5.82 Å². The molecule has 2 heterocycles. The van der Waals surface area contributed by atoms with E-state index in [2.05, 4.69) is 36.3 Å². The lowest BCUT2D eigenvalue weighted by molar-refractivity contribution is 0.801. The van der Waals surface area contributed by atoms with Gasteiger partial charge in [0.2, 0.25) is 0 Å². The van der Waals surface area contributed by atoms with Crippen molar-refractivity contribution < 1.29 is 0 Å². The molecule has 1 aliphatic rings. The third kappa shape index (κ3) is 2.01. The molecule has 1 fully saturated rings. The van der Waals surface area contributed by atoms with Crippen molar-refractivity contribution in [1.82, 2.24) is 19.7 Å². The molecule has 0 atom stereocenters. The van der Waals surface area contributed by atoms with Gasteiger partial charge in [0.05, 0.1) is 10.7 Å². The smallest absolute Gasteiger partial charge is 0.162 e. The average Bonchev–Trinajstić information content (AvgIpc) is 3.12. The third-order valence-electron chi connectivity index (χ3n) is 3.08. The summed E-state index contributed by atoms with van der Waals surface area (Å²) in [4.78, 5) is 9.23. The predicted molar refractivity (Wildman–Crippen MR) is 73.1 cm³/mol. The molecule has 6 heteroatoms. The van der Waals surface area contributed by atoms with Crippen LogP contribution in [-0.4, -0.2) is 26.8 Å². The molecule has 2 aromatic rings. The van der Waals surface area contributed by atoms with E-state index in [-0.39, 0.29) is 0 Å². The molecular weight excluding hydrogens is 294 g/mol. The normalized spacial score (nSPS) is 14.8. The summed E-state index contributed by atoms with van der Waals surface area (Å²) in [5.41, 5.74) is 1.01. The number of hydrogen-bond donors (Lipinski definition) is 1. The number of aromatic nitrogens is 4. The molecule has 94 valence electrons. The Balaban J connectivity index is 2.14. The fraction of sp³-hybridized carbons (Fsp3) is 0.417. The van der Waals surface area contributed by atoms with E-state index < -0.39 is 0 Å².